The van der Waals surface area contributed by atoms with Crippen molar-refractivity contribution in [3.63, 3.8) is 0 Å². The van der Waals surface area contributed by atoms with Crippen LogP contribution in [0.2, 0.25) is 0 Å². The van der Waals surface area contributed by atoms with E-state index in [1.54, 1.807) is 6.07 Å². The van der Waals surface area contributed by atoms with Gasteiger partial charge in [0.1, 0.15) is 11.5 Å². The van der Waals surface area contributed by atoms with Crippen molar-refractivity contribution < 1.29 is 10.2 Å². The number of hydrogen-bond acceptors (Lipinski definition) is 2. The van der Waals surface area contributed by atoms with Gasteiger partial charge in [-0.15, -0.1) is 0 Å². The molecule has 2 heteroatoms. The van der Waals surface area contributed by atoms with Crippen LogP contribution in [0, 0.1) is 20.8 Å². The van der Waals surface area contributed by atoms with Gasteiger partial charge in [-0.3, -0.25) is 0 Å². The van der Waals surface area contributed by atoms with Crippen LogP contribution in [0.1, 0.15) is 41.7 Å². The zero-order valence-electron chi connectivity index (χ0n) is 12.8. The fourth-order valence-corrected chi connectivity index (χ4v) is 2.53. The van der Waals surface area contributed by atoms with E-state index in [1.807, 2.05) is 45.0 Å². The fourth-order valence-electron chi connectivity index (χ4n) is 2.53. The molecule has 0 saturated carbocycles. The van der Waals surface area contributed by atoms with E-state index in [-0.39, 0.29) is 5.41 Å². The van der Waals surface area contributed by atoms with Crippen LogP contribution in [0.3, 0.4) is 0 Å². The predicted molar refractivity (Wildman–Crippen MR) is 82.6 cm³/mol. The molecule has 0 aliphatic rings. The first kappa shape index (κ1) is 14.4. The molecule has 2 aromatic rings. The van der Waals surface area contributed by atoms with Crippen LogP contribution in [-0.4, -0.2) is 10.2 Å². The Kier molecular flexibility index (Phi) is 3.51. The summed E-state index contributed by atoms with van der Waals surface area (Å²) in [4.78, 5) is 0. The Bertz CT molecular complexity index is 631. The van der Waals surface area contributed by atoms with E-state index < -0.39 is 0 Å². The molecule has 0 atom stereocenters. The lowest BCUT2D eigenvalue weighted by Crippen LogP contribution is -2.19. The minimum atomic E-state index is -0.179. The molecule has 2 nitrogen and oxygen atoms in total. The van der Waals surface area contributed by atoms with Gasteiger partial charge in [-0.05, 0) is 54.7 Å². The summed E-state index contributed by atoms with van der Waals surface area (Å²) >= 11 is 0. The number of hydrogen-bond donors (Lipinski definition) is 2. The standard InChI is InChI=1S/C18H22O2/c1-11-8-14(6-7-16(11)19)18(4,5)15-9-12(2)17(20)13(3)10-15/h6-10,19-20H,1-5H3. The smallest absolute Gasteiger partial charge is 0.121 e. The molecular formula is C18H22O2. The van der Waals surface area contributed by atoms with Gasteiger partial charge in [0.05, 0.1) is 0 Å². The van der Waals surface area contributed by atoms with Crippen molar-refractivity contribution in [2.24, 2.45) is 0 Å². The normalized spacial score (nSPS) is 11.7. The van der Waals surface area contributed by atoms with Gasteiger partial charge < -0.3 is 10.2 Å². The van der Waals surface area contributed by atoms with Crippen LogP contribution in [-0.2, 0) is 5.41 Å². The summed E-state index contributed by atoms with van der Waals surface area (Å²) in [6, 6.07) is 9.79. The highest BCUT2D eigenvalue weighted by atomic mass is 16.3. The van der Waals surface area contributed by atoms with Crippen molar-refractivity contribution in [3.05, 3.63) is 58.1 Å². The topological polar surface area (TPSA) is 40.5 Å². The Morgan fingerprint density at radius 1 is 0.750 bits per heavy atom. The third-order valence-electron chi connectivity index (χ3n) is 4.13. The van der Waals surface area contributed by atoms with Gasteiger partial charge in [0.2, 0.25) is 0 Å². The third kappa shape index (κ3) is 2.38. The van der Waals surface area contributed by atoms with Gasteiger partial charge >= 0.3 is 0 Å². The lowest BCUT2D eigenvalue weighted by atomic mass is 9.76. The van der Waals surface area contributed by atoms with Gasteiger partial charge in [0, 0.05) is 5.41 Å². The first-order valence-electron chi connectivity index (χ1n) is 6.84. The van der Waals surface area contributed by atoms with E-state index in [1.165, 1.54) is 0 Å². The van der Waals surface area contributed by atoms with E-state index in [0.717, 1.165) is 27.8 Å². The van der Waals surface area contributed by atoms with Crippen molar-refractivity contribution in [1.82, 2.24) is 0 Å². The molecule has 2 aromatic carbocycles. The van der Waals surface area contributed by atoms with Crippen LogP contribution in [0.4, 0.5) is 0 Å². The van der Waals surface area contributed by atoms with Crippen molar-refractivity contribution in [2.75, 3.05) is 0 Å². The molecule has 0 radical (unpaired) electrons. The zero-order valence-corrected chi connectivity index (χ0v) is 12.8. The Morgan fingerprint density at radius 2 is 1.25 bits per heavy atom. The van der Waals surface area contributed by atoms with E-state index >= 15 is 0 Å². The van der Waals surface area contributed by atoms with E-state index in [9.17, 15) is 10.2 Å². The lowest BCUT2D eigenvalue weighted by molar-refractivity contribution is 0.465. The SMILES string of the molecule is Cc1cc(C(C)(C)c2cc(C)c(O)c(C)c2)ccc1O. The largest absolute Gasteiger partial charge is 0.508 e. The minimum absolute atomic E-state index is 0.179. The molecule has 0 heterocycles. The molecule has 0 bridgehead atoms. The number of aryl methyl sites for hydroxylation is 3. The van der Waals surface area contributed by atoms with Crippen LogP contribution >= 0.6 is 0 Å². The van der Waals surface area contributed by atoms with E-state index in [4.69, 9.17) is 0 Å². The summed E-state index contributed by atoms with van der Waals surface area (Å²) in [6.45, 7) is 10.1. The monoisotopic (exact) mass is 270 g/mol. The molecule has 0 fully saturated rings. The highest BCUT2D eigenvalue weighted by Gasteiger charge is 2.25. The van der Waals surface area contributed by atoms with E-state index in [2.05, 4.69) is 13.8 Å². The number of phenols is 2. The van der Waals surface area contributed by atoms with Crippen molar-refractivity contribution >= 4 is 0 Å². The van der Waals surface area contributed by atoms with Crippen molar-refractivity contribution in [3.8, 4) is 11.5 Å². The van der Waals surface area contributed by atoms with Gasteiger partial charge in [-0.1, -0.05) is 38.1 Å². The average molecular weight is 270 g/mol. The molecule has 0 aromatic heterocycles. The quantitative estimate of drug-likeness (QED) is 0.851. The number of phenolic OH excluding ortho intramolecular Hbond substituents is 2. The third-order valence-corrected chi connectivity index (χ3v) is 4.13. The number of benzene rings is 2. The molecule has 0 amide bonds. The maximum atomic E-state index is 9.91. The molecule has 0 spiro atoms. The summed E-state index contributed by atoms with van der Waals surface area (Å²) in [6.07, 6.45) is 0. The second-order valence-electron chi connectivity index (χ2n) is 6.08. The maximum absolute atomic E-state index is 9.91. The summed E-state index contributed by atoms with van der Waals surface area (Å²) in [5.41, 5.74) is 4.80. The first-order valence-corrected chi connectivity index (χ1v) is 6.84. The highest BCUT2D eigenvalue weighted by Crippen LogP contribution is 2.36. The Morgan fingerprint density at radius 3 is 1.75 bits per heavy atom. The minimum Gasteiger partial charge on any atom is -0.508 e. The lowest BCUT2D eigenvalue weighted by Gasteiger charge is -2.28. The molecule has 106 valence electrons. The van der Waals surface area contributed by atoms with Crippen molar-refractivity contribution in [1.29, 1.82) is 0 Å². The highest BCUT2D eigenvalue weighted by molar-refractivity contribution is 5.49. The second kappa shape index (κ2) is 4.86. The summed E-state index contributed by atoms with van der Waals surface area (Å²) < 4.78 is 0. The zero-order chi connectivity index (χ0) is 15.1. The summed E-state index contributed by atoms with van der Waals surface area (Å²) in [7, 11) is 0. The van der Waals surface area contributed by atoms with Gasteiger partial charge in [0.15, 0.2) is 0 Å². The molecule has 0 aliphatic carbocycles. The molecule has 2 rings (SSSR count). The Balaban J connectivity index is 2.56. The van der Waals surface area contributed by atoms with Gasteiger partial charge in [0.25, 0.3) is 0 Å². The molecule has 0 unspecified atom stereocenters. The maximum Gasteiger partial charge on any atom is 0.121 e. The Labute approximate surface area is 120 Å². The van der Waals surface area contributed by atoms with Gasteiger partial charge in [-0.2, -0.15) is 0 Å². The molecule has 20 heavy (non-hydrogen) atoms. The molecule has 0 aliphatic heterocycles. The fraction of sp³-hybridized carbons (Fsp3) is 0.333. The van der Waals surface area contributed by atoms with Gasteiger partial charge in [-0.25, -0.2) is 0 Å². The van der Waals surface area contributed by atoms with Crippen molar-refractivity contribution in [2.45, 2.75) is 40.0 Å². The number of aromatic hydroxyl groups is 2. The van der Waals surface area contributed by atoms with Crippen LogP contribution < -0.4 is 0 Å². The average Bonchev–Trinajstić information content (AvgIpc) is 2.38. The van der Waals surface area contributed by atoms with Crippen LogP contribution in [0.5, 0.6) is 11.5 Å². The molecule has 0 saturated heterocycles. The predicted octanol–water partition coefficient (Wildman–Crippen LogP) is 4.35. The first-order chi connectivity index (χ1) is 9.23. The molecule has 2 N–H and O–H groups in total. The summed E-state index contributed by atoms with van der Waals surface area (Å²) in [5.74, 6) is 0.689. The van der Waals surface area contributed by atoms with Crippen LogP contribution in [0.25, 0.3) is 0 Å². The number of rotatable bonds is 2. The second-order valence-corrected chi connectivity index (χ2v) is 6.08. The van der Waals surface area contributed by atoms with E-state index in [0.29, 0.717) is 11.5 Å². The van der Waals surface area contributed by atoms with Crippen LogP contribution in [0.15, 0.2) is 30.3 Å². The molecular weight excluding hydrogens is 248 g/mol. The Hall–Kier alpha value is -1.96. The summed E-state index contributed by atoms with van der Waals surface area (Å²) in [5, 5.41) is 19.6.